The highest BCUT2D eigenvalue weighted by atomic mass is 35.5. The maximum Gasteiger partial charge on any atom is 0.132 e. The van der Waals surface area contributed by atoms with Crippen LogP contribution in [0.3, 0.4) is 0 Å². The Labute approximate surface area is 112 Å². The van der Waals surface area contributed by atoms with Gasteiger partial charge in [-0.25, -0.2) is 0 Å². The van der Waals surface area contributed by atoms with Crippen LogP contribution < -0.4 is 0 Å². The third kappa shape index (κ3) is 1.55. The number of hydrogen-bond acceptors (Lipinski definition) is 2. The van der Waals surface area contributed by atoms with Crippen LogP contribution in [0.25, 0.3) is 0 Å². The van der Waals surface area contributed by atoms with Gasteiger partial charge in [-0.2, -0.15) is 0 Å². The SMILES string of the molecule is CC1(O)c2cc(Cl)ccc2CC12CCC(=O)CC2. The van der Waals surface area contributed by atoms with E-state index in [-0.39, 0.29) is 5.41 Å². The molecule has 96 valence electrons. The summed E-state index contributed by atoms with van der Waals surface area (Å²) in [4.78, 5) is 11.4. The monoisotopic (exact) mass is 264 g/mol. The van der Waals surface area contributed by atoms with E-state index in [1.807, 2.05) is 25.1 Å². The number of rotatable bonds is 0. The molecule has 2 nitrogen and oxygen atoms in total. The molecule has 1 unspecified atom stereocenters. The van der Waals surface area contributed by atoms with Gasteiger partial charge < -0.3 is 5.11 Å². The molecule has 0 radical (unpaired) electrons. The average Bonchev–Trinajstić information content (AvgIpc) is 2.53. The number of ketones is 1. The Hall–Kier alpha value is -0.860. The Bertz CT molecular complexity index is 509. The predicted molar refractivity (Wildman–Crippen MR) is 70.6 cm³/mol. The van der Waals surface area contributed by atoms with Crippen LogP contribution in [0.2, 0.25) is 5.02 Å². The molecule has 1 atom stereocenters. The first-order chi connectivity index (χ1) is 8.45. The third-order valence-electron chi connectivity index (χ3n) is 4.92. The van der Waals surface area contributed by atoms with Crippen molar-refractivity contribution in [1.82, 2.24) is 0 Å². The molecule has 0 saturated heterocycles. The van der Waals surface area contributed by atoms with E-state index < -0.39 is 5.60 Å². The Morgan fingerprint density at radius 1 is 1.28 bits per heavy atom. The van der Waals surface area contributed by atoms with E-state index in [4.69, 9.17) is 11.6 Å². The first-order valence-electron chi connectivity index (χ1n) is 6.48. The summed E-state index contributed by atoms with van der Waals surface area (Å²) >= 11 is 6.04. The van der Waals surface area contributed by atoms with Crippen molar-refractivity contribution >= 4 is 17.4 Å². The van der Waals surface area contributed by atoms with Gasteiger partial charge in [0.1, 0.15) is 5.78 Å². The standard InChI is InChI=1S/C15H17ClO2/c1-14(18)13-8-11(16)3-2-10(13)9-15(14)6-4-12(17)5-7-15/h2-3,8,18H,4-7,9H2,1H3. The molecule has 1 aromatic carbocycles. The first kappa shape index (κ1) is 12.2. The van der Waals surface area contributed by atoms with Gasteiger partial charge in [0.05, 0.1) is 5.60 Å². The largest absolute Gasteiger partial charge is 0.385 e. The van der Waals surface area contributed by atoms with Crippen LogP contribution in [0.1, 0.15) is 43.7 Å². The van der Waals surface area contributed by atoms with Gasteiger partial charge in [-0.05, 0) is 49.4 Å². The van der Waals surface area contributed by atoms with Crippen LogP contribution in [0.4, 0.5) is 0 Å². The van der Waals surface area contributed by atoms with E-state index >= 15 is 0 Å². The summed E-state index contributed by atoms with van der Waals surface area (Å²) in [7, 11) is 0. The molecule has 3 heteroatoms. The number of fused-ring (bicyclic) bond motifs is 1. The van der Waals surface area contributed by atoms with E-state index in [2.05, 4.69) is 0 Å². The summed E-state index contributed by atoms with van der Waals surface area (Å²) in [6, 6.07) is 5.77. The molecule has 0 heterocycles. The lowest BCUT2D eigenvalue weighted by molar-refractivity contribution is -0.130. The van der Waals surface area contributed by atoms with E-state index in [0.717, 1.165) is 24.8 Å². The summed E-state index contributed by atoms with van der Waals surface area (Å²) in [6.07, 6.45) is 3.62. The van der Waals surface area contributed by atoms with Crippen molar-refractivity contribution in [2.75, 3.05) is 0 Å². The Morgan fingerprint density at radius 3 is 2.61 bits per heavy atom. The van der Waals surface area contributed by atoms with Crippen molar-refractivity contribution in [3.05, 3.63) is 34.3 Å². The zero-order valence-electron chi connectivity index (χ0n) is 10.5. The number of carbonyl (C=O) groups excluding carboxylic acids is 1. The van der Waals surface area contributed by atoms with Gasteiger partial charge in [0.25, 0.3) is 0 Å². The normalized spacial score (nSPS) is 29.6. The zero-order chi connectivity index (χ0) is 13.0. The van der Waals surface area contributed by atoms with Crippen LogP contribution in [0.5, 0.6) is 0 Å². The maximum atomic E-state index is 11.4. The van der Waals surface area contributed by atoms with Crippen LogP contribution in [0, 0.1) is 5.41 Å². The fourth-order valence-corrected chi connectivity index (χ4v) is 3.82. The van der Waals surface area contributed by atoms with E-state index in [1.165, 1.54) is 5.56 Å². The van der Waals surface area contributed by atoms with Gasteiger partial charge >= 0.3 is 0 Å². The van der Waals surface area contributed by atoms with Crippen LogP contribution >= 0.6 is 11.6 Å². The average molecular weight is 265 g/mol. The minimum Gasteiger partial charge on any atom is -0.385 e. The topological polar surface area (TPSA) is 37.3 Å². The quantitative estimate of drug-likeness (QED) is 0.781. The number of Topliss-reactive ketones (excluding diaryl/α,β-unsaturated/α-hetero) is 1. The Morgan fingerprint density at radius 2 is 1.94 bits per heavy atom. The summed E-state index contributed by atoms with van der Waals surface area (Å²) < 4.78 is 0. The van der Waals surface area contributed by atoms with E-state index in [9.17, 15) is 9.90 Å². The molecule has 0 aromatic heterocycles. The molecule has 1 saturated carbocycles. The molecule has 1 aromatic rings. The molecule has 0 aliphatic heterocycles. The third-order valence-corrected chi connectivity index (χ3v) is 5.16. The molecular weight excluding hydrogens is 248 g/mol. The second kappa shape index (κ2) is 3.82. The van der Waals surface area contributed by atoms with Gasteiger partial charge in [0.15, 0.2) is 0 Å². The van der Waals surface area contributed by atoms with Crippen molar-refractivity contribution in [3.8, 4) is 0 Å². The van der Waals surface area contributed by atoms with E-state index in [0.29, 0.717) is 23.6 Å². The van der Waals surface area contributed by atoms with Gasteiger partial charge in [-0.3, -0.25) is 4.79 Å². The summed E-state index contributed by atoms with van der Waals surface area (Å²) in [6.45, 7) is 1.88. The number of carbonyl (C=O) groups is 1. The first-order valence-corrected chi connectivity index (χ1v) is 6.85. The van der Waals surface area contributed by atoms with Crippen LogP contribution in [-0.4, -0.2) is 10.9 Å². The molecule has 1 spiro atoms. The summed E-state index contributed by atoms with van der Waals surface area (Å²) in [5.74, 6) is 0.324. The molecule has 3 rings (SSSR count). The van der Waals surface area contributed by atoms with Crippen LogP contribution in [0.15, 0.2) is 18.2 Å². The highest BCUT2D eigenvalue weighted by molar-refractivity contribution is 6.30. The lowest BCUT2D eigenvalue weighted by Gasteiger charge is -2.43. The summed E-state index contributed by atoms with van der Waals surface area (Å²) in [5, 5.41) is 11.6. The maximum absolute atomic E-state index is 11.4. The molecule has 1 N–H and O–H groups in total. The van der Waals surface area contributed by atoms with Crippen molar-refractivity contribution in [2.24, 2.45) is 5.41 Å². The fraction of sp³-hybridized carbons (Fsp3) is 0.533. The van der Waals surface area contributed by atoms with Crippen molar-refractivity contribution in [1.29, 1.82) is 0 Å². The number of aliphatic hydroxyl groups is 1. The Balaban J connectivity index is 2.05. The highest BCUT2D eigenvalue weighted by Crippen LogP contribution is 2.57. The highest BCUT2D eigenvalue weighted by Gasteiger charge is 2.54. The molecular formula is C15H17ClO2. The smallest absolute Gasteiger partial charge is 0.132 e. The minimum atomic E-state index is -0.867. The lowest BCUT2D eigenvalue weighted by Crippen LogP contribution is -2.43. The molecule has 18 heavy (non-hydrogen) atoms. The fourth-order valence-electron chi connectivity index (χ4n) is 3.65. The Kier molecular flexibility index (Phi) is 2.58. The van der Waals surface area contributed by atoms with E-state index in [1.54, 1.807) is 0 Å². The minimum absolute atomic E-state index is 0.173. The zero-order valence-corrected chi connectivity index (χ0v) is 11.3. The second-order valence-electron chi connectivity index (χ2n) is 5.87. The van der Waals surface area contributed by atoms with Crippen molar-refractivity contribution < 1.29 is 9.90 Å². The number of hydrogen-bond donors (Lipinski definition) is 1. The summed E-state index contributed by atoms with van der Waals surface area (Å²) in [5.41, 5.74) is 1.09. The molecule has 0 amide bonds. The molecule has 1 fully saturated rings. The molecule has 2 aliphatic carbocycles. The molecule has 2 aliphatic rings. The molecule has 0 bridgehead atoms. The lowest BCUT2D eigenvalue weighted by atomic mass is 9.64. The van der Waals surface area contributed by atoms with Crippen molar-refractivity contribution in [2.45, 2.75) is 44.6 Å². The number of benzene rings is 1. The van der Waals surface area contributed by atoms with Crippen LogP contribution in [-0.2, 0) is 16.8 Å². The van der Waals surface area contributed by atoms with Gasteiger partial charge in [-0.1, -0.05) is 17.7 Å². The van der Waals surface area contributed by atoms with Gasteiger partial charge in [0, 0.05) is 23.3 Å². The van der Waals surface area contributed by atoms with Gasteiger partial charge in [0.2, 0.25) is 0 Å². The van der Waals surface area contributed by atoms with Crippen molar-refractivity contribution in [3.63, 3.8) is 0 Å². The number of halogens is 1. The second-order valence-corrected chi connectivity index (χ2v) is 6.31. The predicted octanol–water partition coefficient (Wildman–Crippen LogP) is 3.23. The van der Waals surface area contributed by atoms with Gasteiger partial charge in [-0.15, -0.1) is 0 Å².